The summed E-state index contributed by atoms with van der Waals surface area (Å²) < 4.78 is 37.4. The molecule has 1 aromatic rings. The van der Waals surface area contributed by atoms with Crippen LogP contribution in [0.4, 0.5) is 13.2 Å². The molecule has 0 radical (unpaired) electrons. The number of aliphatic hydroxyl groups is 1. The van der Waals surface area contributed by atoms with E-state index in [0.717, 1.165) is 5.56 Å². The third-order valence-electron chi connectivity index (χ3n) is 4.74. The lowest BCUT2D eigenvalue weighted by Crippen LogP contribution is -2.40. The zero-order valence-corrected chi connectivity index (χ0v) is 18.7. The first kappa shape index (κ1) is 27.6. The molecule has 0 spiro atoms. The molecule has 2 rings (SSSR count). The highest BCUT2D eigenvalue weighted by molar-refractivity contribution is 6.30. The van der Waals surface area contributed by atoms with E-state index in [4.69, 9.17) is 21.5 Å². The molecule has 1 unspecified atom stereocenters. The fourth-order valence-electron chi connectivity index (χ4n) is 3.27. The number of halogens is 4. The van der Waals surface area contributed by atoms with E-state index in [1.807, 2.05) is 23.8 Å². The molecular formula is C21H30ClF3N4O3. The first-order chi connectivity index (χ1) is 15.2. The van der Waals surface area contributed by atoms with Crippen molar-refractivity contribution in [3.8, 4) is 0 Å². The summed E-state index contributed by atoms with van der Waals surface area (Å²) in [6.07, 6.45) is -4.01. The number of hydrogen-bond acceptors (Lipinski definition) is 6. The third-order valence-corrected chi connectivity index (χ3v) is 5.00. The maximum absolute atomic E-state index is 12.6. The standard InChI is InChI=1S/C20H28ClF3N4O2.CH2O/c1-25-19(30)17-18(26-11-4-12-29)27-16(5-2-3-10-20(22,23)24)28(17)13-14-6-8-15(21)9-7-14;1-2/h6-9,16,26-27,29H,2-5,10-13H2,1H3,(H,25,30);1H2. The maximum atomic E-state index is 12.6. The van der Waals surface area contributed by atoms with Crippen molar-refractivity contribution in [2.75, 3.05) is 20.2 Å². The van der Waals surface area contributed by atoms with Crippen LogP contribution in [0, 0.1) is 0 Å². The van der Waals surface area contributed by atoms with Gasteiger partial charge < -0.3 is 30.8 Å². The number of benzene rings is 1. The Morgan fingerprint density at radius 1 is 1.22 bits per heavy atom. The van der Waals surface area contributed by atoms with Gasteiger partial charge in [0, 0.05) is 38.2 Å². The monoisotopic (exact) mass is 478 g/mol. The van der Waals surface area contributed by atoms with Gasteiger partial charge in [0.2, 0.25) is 0 Å². The molecule has 1 heterocycles. The normalized spacial score (nSPS) is 15.7. The van der Waals surface area contributed by atoms with E-state index in [1.165, 1.54) is 7.05 Å². The zero-order chi connectivity index (χ0) is 24.1. The average molecular weight is 479 g/mol. The summed E-state index contributed by atoms with van der Waals surface area (Å²) in [5, 5.41) is 18.6. The SMILES string of the molecule is C=O.CNC(=O)C1=C(NCCCO)NC(CCCCC(F)(F)F)N1Cc1ccc(Cl)cc1. The highest BCUT2D eigenvalue weighted by Gasteiger charge is 2.35. The molecule has 0 aromatic heterocycles. The number of alkyl halides is 3. The summed E-state index contributed by atoms with van der Waals surface area (Å²) >= 11 is 5.95. The summed E-state index contributed by atoms with van der Waals surface area (Å²) in [6, 6.07) is 7.20. The van der Waals surface area contributed by atoms with E-state index in [-0.39, 0.29) is 25.1 Å². The number of nitrogens with zero attached hydrogens (tertiary/aromatic N) is 1. The van der Waals surface area contributed by atoms with E-state index >= 15 is 0 Å². The fraction of sp³-hybridized carbons (Fsp3) is 0.524. The van der Waals surface area contributed by atoms with Crippen LogP contribution in [0.3, 0.4) is 0 Å². The summed E-state index contributed by atoms with van der Waals surface area (Å²) in [4.78, 5) is 22.5. The summed E-state index contributed by atoms with van der Waals surface area (Å²) in [5.74, 6) is 0.207. The van der Waals surface area contributed by atoms with Gasteiger partial charge in [-0.1, -0.05) is 23.7 Å². The second-order valence-electron chi connectivity index (χ2n) is 7.08. The Kier molecular flexibility index (Phi) is 11.9. The molecule has 0 aliphatic carbocycles. The number of aliphatic hydroxyl groups excluding tert-OH is 1. The molecule has 7 nitrogen and oxygen atoms in total. The van der Waals surface area contributed by atoms with Crippen molar-refractivity contribution in [3.05, 3.63) is 46.4 Å². The second-order valence-corrected chi connectivity index (χ2v) is 7.52. The van der Waals surface area contributed by atoms with Gasteiger partial charge in [0.05, 0.1) is 0 Å². The van der Waals surface area contributed by atoms with Crippen LogP contribution in [0.2, 0.25) is 5.02 Å². The average Bonchev–Trinajstić information content (AvgIpc) is 3.10. The summed E-state index contributed by atoms with van der Waals surface area (Å²) in [7, 11) is 1.53. The van der Waals surface area contributed by atoms with E-state index in [0.29, 0.717) is 48.9 Å². The van der Waals surface area contributed by atoms with Crippen LogP contribution in [0.15, 0.2) is 35.8 Å². The highest BCUT2D eigenvalue weighted by Crippen LogP contribution is 2.28. The minimum absolute atomic E-state index is 0.00491. The number of likely N-dealkylation sites (N-methyl/N-ethyl adjacent to an activating group) is 1. The van der Waals surface area contributed by atoms with Crippen molar-refractivity contribution in [2.45, 2.75) is 51.0 Å². The summed E-state index contributed by atoms with van der Waals surface area (Å²) in [6.45, 7) is 2.85. The lowest BCUT2D eigenvalue weighted by Gasteiger charge is -2.28. The summed E-state index contributed by atoms with van der Waals surface area (Å²) in [5.41, 5.74) is 1.31. The molecule has 4 N–H and O–H groups in total. The van der Waals surface area contributed by atoms with Gasteiger partial charge in [0.25, 0.3) is 5.91 Å². The largest absolute Gasteiger partial charge is 0.396 e. The van der Waals surface area contributed by atoms with Crippen LogP contribution >= 0.6 is 11.6 Å². The van der Waals surface area contributed by atoms with E-state index in [9.17, 15) is 18.0 Å². The highest BCUT2D eigenvalue weighted by atomic mass is 35.5. The van der Waals surface area contributed by atoms with Crippen molar-refractivity contribution in [3.63, 3.8) is 0 Å². The Morgan fingerprint density at radius 2 is 1.88 bits per heavy atom. The minimum atomic E-state index is -4.17. The number of hydrogen-bond donors (Lipinski definition) is 4. The maximum Gasteiger partial charge on any atom is 0.389 e. The van der Waals surface area contributed by atoms with Crippen LogP contribution in [-0.2, 0) is 16.1 Å². The van der Waals surface area contributed by atoms with Gasteiger partial charge in [0.1, 0.15) is 24.5 Å². The quantitative estimate of drug-likeness (QED) is 0.365. The molecule has 11 heteroatoms. The predicted molar refractivity (Wildman–Crippen MR) is 116 cm³/mol. The van der Waals surface area contributed by atoms with Crippen LogP contribution in [0.1, 0.15) is 37.7 Å². The number of amides is 1. The third kappa shape index (κ3) is 8.96. The number of unbranched alkanes of at least 4 members (excludes halogenated alkanes) is 1. The Bertz CT molecular complexity index is 745. The van der Waals surface area contributed by atoms with Crippen molar-refractivity contribution in [1.29, 1.82) is 0 Å². The van der Waals surface area contributed by atoms with Gasteiger partial charge in [-0.3, -0.25) is 4.79 Å². The molecule has 0 saturated carbocycles. The Hall–Kier alpha value is -2.46. The number of carbonyl (C=O) groups excluding carboxylic acids is 2. The Labute approximate surface area is 191 Å². The fourth-order valence-corrected chi connectivity index (χ4v) is 3.39. The zero-order valence-electron chi connectivity index (χ0n) is 18.0. The number of rotatable bonds is 11. The molecule has 0 bridgehead atoms. The number of carbonyl (C=O) groups is 2. The molecule has 1 amide bonds. The van der Waals surface area contributed by atoms with Crippen molar-refractivity contribution < 1.29 is 27.9 Å². The molecule has 1 aliphatic heterocycles. The van der Waals surface area contributed by atoms with Gasteiger partial charge in [-0.05, 0) is 43.4 Å². The van der Waals surface area contributed by atoms with E-state index in [2.05, 4.69) is 16.0 Å². The number of nitrogens with one attached hydrogen (secondary N) is 3. The first-order valence-corrected chi connectivity index (χ1v) is 10.6. The van der Waals surface area contributed by atoms with Crippen LogP contribution < -0.4 is 16.0 Å². The topological polar surface area (TPSA) is 93.7 Å². The van der Waals surface area contributed by atoms with Gasteiger partial charge in [0.15, 0.2) is 0 Å². The molecule has 32 heavy (non-hydrogen) atoms. The minimum Gasteiger partial charge on any atom is -0.396 e. The van der Waals surface area contributed by atoms with Gasteiger partial charge in [-0.2, -0.15) is 13.2 Å². The smallest absolute Gasteiger partial charge is 0.389 e. The van der Waals surface area contributed by atoms with Crippen molar-refractivity contribution >= 4 is 24.3 Å². The van der Waals surface area contributed by atoms with Crippen LogP contribution in [-0.4, -0.2) is 55.2 Å². The lowest BCUT2D eigenvalue weighted by atomic mass is 10.1. The molecule has 1 atom stereocenters. The Morgan fingerprint density at radius 3 is 2.44 bits per heavy atom. The Balaban J connectivity index is 0.00000249. The lowest BCUT2D eigenvalue weighted by molar-refractivity contribution is -0.135. The van der Waals surface area contributed by atoms with Gasteiger partial charge in [-0.15, -0.1) is 0 Å². The van der Waals surface area contributed by atoms with Crippen LogP contribution in [0.5, 0.6) is 0 Å². The van der Waals surface area contributed by atoms with Gasteiger partial charge >= 0.3 is 6.18 Å². The van der Waals surface area contributed by atoms with E-state index in [1.54, 1.807) is 12.1 Å². The van der Waals surface area contributed by atoms with Crippen molar-refractivity contribution in [2.24, 2.45) is 0 Å². The molecule has 1 aromatic carbocycles. The van der Waals surface area contributed by atoms with Crippen molar-refractivity contribution in [1.82, 2.24) is 20.9 Å². The molecule has 1 aliphatic rings. The van der Waals surface area contributed by atoms with Gasteiger partial charge in [-0.25, -0.2) is 0 Å². The molecular weight excluding hydrogens is 449 g/mol. The first-order valence-electron chi connectivity index (χ1n) is 10.2. The second kappa shape index (κ2) is 13.8. The van der Waals surface area contributed by atoms with Crippen LogP contribution in [0.25, 0.3) is 0 Å². The molecule has 0 saturated heterocycles. The predicted octanol–water partition coefficient (Wildman–Crippen LogP) is 2.90. The van der Waals surface area contributed by atoms with E-state index < -0.39 is 12.6 Å². The molecule has 180 valence electrons. The molecule has 0 fully saturated rings.